The molecule has 1 fully saturated rings. The molecule has 0 saturated carbocycles. The molecule has 1 N–H and O–H groups in total. The van der Waals surface area contributed by atoms with Gasteiger partial charge >= 0.3 is 0 Å². The number of amides is 2. The average Bonchev–Trinajstić information content (AvgIpc) is 2.87. The lowest BCUT2D eigenvalue weighted by molar-refractivity contribution is -0.130. The molecule has 0 bridgehead atoms. The number of nitrogens with zero attached hydrogens (tertiary/aromatic N) is 3. The van der Waals surface area contributed by atoms with Gasteiger partial charge in [-0.25, -0.2) is 9.97 Å². The zero-order valence-corrected chi connectivity index (χ0v) is 17.2. The molecule has 1 saturated heterocycles. The number of carbonyl (C=O) groups excluding carboxylic acids is 2. The molecule has 0 spiro atoms. The van der Waals surface area contributed by atoms with Gasteiger partial charge in [0.1, 0.15) is 15.7 Å². The van der Waals surface area contributed by atoms with Crippen molar-refractivity contribution in [1.82, 2.24) is 20.2 Å². The Morgan fingerprint density at radius 2 is 1.92 bits per heavy atom. The number of hydrogen-bond acceptors (Lipinski definition) is 6. The van der Waals surface area contributed by atoms with Crippen LogP contribution in [0.5, 0.6) is 0 Å². The SMILES string of the molecule is CC(=O)N1CCC(NC(=O)CSc2nc(C)nc3sc(C)c(C)c23)CC1. The number of thiophene rings is 1. The van der Waals surface area contributed by atoms with Crippen LogP contribution in [-0.2, 0) is 9.59 Å². The molecule has 2 amide bonds. The Hall–Kier alpha value is -1.67. The number of hydrogen-bond donors (Lipinski definition) is 1. The Balaban J connectivity index is 1.60. The summed E-state index contributed by atoms with van der Waals surface area (Å²) in [5.41, 5.74) is 1.20. The maximum atomic E-state index is 12.4. The smallest absolute Gasteiger partial charge is 0.230 e. The van der Waals surface area contributed by atoms with Gasteiger partial charge in [0.15, 0.2) is 0 Å². The van der Waals surface area contributed by atoms with Crippen molar-refractivity contribution < 1.29 is 9.59 Å². The lowest BCUT2D eigenvalue weighted by Crippen LogP contribution is -2.46. The van der Waals surface area contributed by atoms with E-state index in [0.717, 1.165) is 33.9 Å². The normalized spacial score (nSPS) is 15.5. The number of likely N-dealkylation sites (tertiary alicyclic amines) is 1. The van der Waals surface area contributed by atoms with Gasteiger partial charge in [0, 0.05) is 36.3 Å². The van der Waals surface area contributed by atoms with Gasteiger partial charge in [-0.3, -0.25) is 9.59 Å². The molecule has 0 unspecified atom stereocenters. The van der Waals surface area contributed by atoms with Gasteiger partial charge < -0.3 is 10.2 Å². The van der Waals surface area contributed by atoms with Crippen LogP contribution in [0.1, 0.15) is 36.0 Å². The molecule has 8 heteroatoms. The maximum absolute atomic E-state index is 12.4. The summed E-state index contributed by atoms with van der Waals surface area (Å²) in [4.78, 5) is 36.9. The molecule has 1 aliphatic heterocycles. The van der Waals surface area contributed by atoms with Crippen LogP contribution in [0.15, 0.2) is 5.03 Å². The highest BCUT2D eigenvalue weighted by Gasteiger charge is 2.22. The van der Waals surface area contributed by atoms with Crippen LogP contribution in [0.2, 0.25) is 0 Å². The zero-order valence-electron chi connectivity index (χ0n) is 15.6. The molecule has 3 heterocycles. The number of aromatic nitrogens is 2. The van der Waals surface area contributed by atoms with Crippen molar-refractivity contribution in [3.63, 3.8) is 0 Å². The van der Waals surface area contributed by atoms with E-state index in [4.69, 9.17) is 0 Å². The summed E-state index contributed by atoms with van der Waals surface area (Å²) in [6.07, 6.45) is 1.63. The van der Waals surface area contributed by atoms with Crippen LogP contribution in [0, 0.1) is 20.8 Å². The van der Waals surface area contributed by atoms with Crippen molar-refractivity contribution in [2.45, 2.75) is 51.6 Å². The third-order valence-corrected chi connectivity index (χ3v) is 6.83. The fourth-order valence-electron chi connectivity index (χ4n) is 3.16. The first-order valence-corrected chi connectivity index (χ1v) is 10.6. The summed E-state index contributed by atoms with van der Waals surface area (Å²) in [6, 6.07) is 0.149. The first kappa shape index (κ1) is 19.1. The molecule has 0 aromatic carbocycles. The number of nitrogens with one attached hydrogen (secondary N) is 1. The molecule has 2 aromatic rings. The second-order valence-electron chi connectivity index (χ2n) is 6.68. The van der Waals surface area contributed by atoms with E-state index >= 15 is 0 Å². The van der Waals surface area contributed by atoms with Crippen molar-refractivity contribution in [2.75, 3.05) is 18.8 Å². The Kier molecular flexibility index (Phi) is 5.82. The molecule has 0 radical (unpaired) electrons. The second-order valence-corrected chi connectivity index (χ2v) is 8.84. The monoisotopic (exact) mass is 392 g/mol. The number of thioether (sulfide) groups is 1. The Morgan fingerprint density at radius 1 is 1.23 bits per heavy atom. The number of carbonyl (C=O) groups is 2. The lowest BCUT2D eigenvalue weighted by Gasteiger charge is -2.31. The molecule has 2 aromatic heterocycles. The second kappa shape index (κ2) is 7.92. The Morgan fingerprint density at radius 3 is 2.58 bits per heavy atom. The van der Waals surface area contributed by atoms with Gasteiger partial charge in [0.2, 0.25) is 11.8 Å². The van der Waals surface area contributed by atoms with Gasteiger partial charge in [-0.2, -0.15) is 0 Å². The minimum atomic E-state index is 0.0188. The first-order valence-electron chi connectivity index (χ1n) is 8.77. The van der Waals surface area contributed by atoms with Crippen LogP contribution in [0.25, 0.3) is 10.2 Å². The van der Waals surface area contributed by atoms with Crippen molar-refractivity contribution in [1.29, 1.82) is 0 Å². The highest BCUT2D eigenvalue weighted by Crippen LogP contribution is 2.35. The van der Waals surface area contributed by atoms with Crippen LogP contribution in [0.4, 0.5) is 0 Å². The maximum Gasteiger partial charge on any atom is 0.230 e. The summed E-state index contributed by atoms with van der Waals surface area (Å²) in [5, 5.41) is 5.05. The van der Waals surface area contributed by atoms with E-state index in [1.807, 2.05) is 11.8 Å². The minimum absolute atomic E-state index is 0.0188. The molecule has 3 rings (SSSR count). The Bertz CT molecular complexity index is 841. The van der Waals surface area contributed by atoms with E-state index in [2.05, 4.69) is 29.1 Å². The number of piperidine rings is 1. The molecular weight excluding hydrogens is 368 g/mol. The van der Waals surface area contributed by atoms with Crippen molar-refractivity contribution in [3.05, 3.63) is 16.3 Å². The summed E-state index contributed by atoms with van der Waals surface area (Å²) < 4.78 is 0. The first-order chi connectivity index (χ1) is 12.3. The summed E-state index contributed by atoms with van der Waals surface area (Å²) in [6.45, 7) is 9.08. The van der Waals surface area contributed by atoms with Gasteiger partial charge in [-0.05, 0) is 39.2 Å². The summed E-state index contributed by atoms with van der Waals surface area (Å²) in [7, 11) is 0. The lowest BCUT2D eigenvalue weighted by atomic mass is 10.1. The van der Waals surface area contributed by atoms with E-state index < -0.39 is 0 Å². The highest BCUT2D eigenvalue weighted by atomic mass is 32.2. The average molecular weight is 393 g/mol. The van der Waals surface area contributed by atoms with Crippen LogP contribution >= 0.6 is 23.1 Å². The number of aryl methyl sites for hydroxylation is 3. The molecule has 0 atom stereocenters. The van der Waals surface area contributed by atoms with E-state index in [-0.39, 0.29) is 17.9 Å². The predicted molar refractivity (Wildman–Crippen MR) is 106 cm³/mol. The van der Waals surface area contributed by atoms with Crippen LogP contribution < -0.4 is 5.32 Å². The van der Waals surface area contributed by atoms with E-state index in [1.54, 1.807) is 18.3 Å². The minimum Gasteiger partial charge on any atom is -0.353 e. The molecular formula is C18H24N4O2S2. The largest absolute Gasteiger partial charge is 0.353 e. The van der Waals surface area contributed by atoms with Crippen molar-refractivity contribution in [2.24, 2.45) is 0 Å². The molecule has 0 aliphatic carbocycles. The third-order valence-electron chi connectivity index (χ3n) is 4.75. The highest BCUT2D eigenvalue weighted by molar-refractivity contribution is 8.00. The van der Waals surface area contributed by atoms with Gasteiger partial charge in [-0.1, -0.05) is 11.8 Å². The standard InChI is InChI=1S/C18H24N4O2S2/c1-10-11(2)26-18-16(10)17(19-12(3)20-18)25-9-15(24)21-14-5-7-22(8-6-14)13(4)23/h14H,5-9H2,1-4H3,(H,21,24). The molecule has 140 valence electrons. The molecule has 6 nitrogen and oxygen atoms in total. The van der Waals surface area contributed by atoms with Gasteiger partial charge in [-0.15, -0.1) is 11.3 Å². The van der Waals surface area contributed by atoms with Gasteiger partial charge in [0.25, 0.3) is 0 Å². The third kappa shape index (κ3) is 4.17. The number of fused-ring (bicyclic) bond motifs is 1. The van der Waals surface area contributed by atoms with Crippen LogP contribution in [0.3, 0.4) is 0 Å². The van der Waals surface area contributed by atoms with Gasteiger partial charge in [0.05, 0.1) is 5.75 Å². The van der Waals surface area contributed by atoms with E-state index in [1.165, 1.54) is 22.2 Å². The Labute approximate surface area is 161 Å². The predicted octanol–water partition coefficient (Wildman–Crippen LogP) is 2.84. The van der Waals surface area contributed by atoms with Crippen LogP contribution in [-0.4, -0.2) is 51.6 Å². The summed E-state index contributed by atoms with van der Waals surface area (Å²) in [5.74, 6) is 1.20. The summed E-state index contributed by atoms with van der Waals surface area (Å²) >= 11 is 3.15. The zero-order chi connectivity index (χ0) is 18.8. The van der Waals surface area contributed by atoms with E-state index in [0.29, 0.717) is 18.8 Å². The fourth-order valence-corrected chi connectivity index (χ4v) is 5.24. The van der Waals surface area contributed by atoms with Crippen molar-refractivity contribution in [3.8, 4) is 0 Å². The van der Waals surface area contributed by atoms with E-state index in [9.17, 15) is 9.59 Å². The molecule has 26 heavy (non-hydrogen) atoms. The van der Waals surface area contributed by atoms with Crippen molar-refractivity contribution >= 4 is 45.1 Å². The number of rotatable bonds is 4. The fraction of sp³-hybridized carbons (Fsp3) is 0.556. The molecule has 1 aliphatic rings. The quantitative estimate of drug-likeness (QED) is 0.640. The topological polar surface area (TPSA) is 75.2 Å².